The van der Waals surface area contributed by atoms with Gasteiger partial charge in [0.25, 0.3) is 0 Å². The van der Waals surface area contributed by atoms with Gasteiger partial charge in [-0.25, -0.2) is 14.1 Å². The van der Waals surface area contributed by atoms with E-state index in [1.807, 2.05) is 28.9 Å². The van der Waals surface area contributed by atoms with Crippen molar-refractivity contribution in [2.75, 3.05) is 5.32 Å². The molecule has 0 aliphatic heterocycles. The van der Waals surface area contributed by atoms with Crippen LogP contribution >= 0.6 is 0 Å². The molecule has 0 unspecified atom stereocenters. The van der Waals surface area contributed by atoms with Crippen molar-refractivity contribution in [2.45, 2.75) is 71.4 Å². The van der Waals surface area contributed by atoms with Crippen LogP contribution in [0.25, 0.3) is 0 Å². The standard InChI is InChI=1S/C27H33FN4O3/c1-18-7-5-9-21(24(18)28)35-20-11-14-27(15-12-20,25(33)34)17-19-8-6-10-22(30-19)31-23-13-16-29-32(23)26(2,3)4/h5-10,13,16,20H,11-12,14-15,17H2,1-4H3,(H,30,31)(H,33,34)/t20-,27-. The number of carboxylic acids is 1. The van der Waals surface area contributed by atoms with Crippen LogP contribution in [0, 0.1) is 18.2 Å². The summed E-state index contributed by atoms with van der Waals surface area (Å²) in [7, 11) is 0. The van der Waals surface area contributed by atoms with Crippen molar-refractivity contribution >= 4 is 17.6 Å². The lowest BCUT2D eigenvalue weighted by molar-refractivity contribution is -0.152. The molecule has 1 aliphatic rings. The zero-order valence-corrected chi connectivity index (χ0v) is 20.7. The second-order valence-electron chi connectivity index (χ2n) is 10.4. The largest absolute Gasteiger partial charge is 0.487 e. The van der Waals surface area contributed by atoms with Crippen molar-refractivity contribution < 1.29 is 19.0 Å². The maximum Gasteiger partial charge on any atom is 0.310 e. The zero-order chi connectivity index (χ0) is 25.2. The Kier molecular flexibility index (Phi) is 6.83. The molecular formula is C27H33FN4O3. The van der Waals surface area contributed by atoms with Crippen LogP contribution in [0.15, 0.2) is 48.7 Å². The van der Waals surface area contributed by atoms with E-state index < -0.39 is 11.4 Å². The van der Waals surface area contributed by atoms with Gasteiger partial charge in [0.2, 0.25) is 0 Å². The maximum absolute atomic E-state index is 14.3. The Morgan fingerprint density at radius 1 is 1.20 bits per heavy atom. The molecule has 1 fully saturated rings. The molecule has 1 saturated carbocycles. The van der Waals surface area contributed by atoms with E-state index in [4.69, 9.17) is 9.72 Å². The van der Waals surface area contributed by atoms with Gasteiger partial charge < -0.3 is 15.2 Å². The fraction of sp³-hybridized carbons (Fsp3) is 0.444. The second kappa shape index (κ2) is 9.68. The Balaban J connectivity index is 1.45. The van der Waals surface area contributed by atoms with E-state index in [9.17, 15) is 14.3 Å². The van der Waals surface area contributed by atoms with Crippen molar-refractivity contribution in [3.05, 3.63) is 65.7 Å². The number of ether oxygens (including phenoxy) is 1. The van der Waals surface area contributed by atoms with Crippen LogP contribution in [-0.2, 0) is 16.8 Å². The number of aromatic nitrogens is 3. The monoisotopic (exact) mass is 480 g/mol. The van der Waals surface area contributed by atoms with Gasteiger partial charge >= 0.3 is 5.97 Å². The van der Waals surface area contributed by atoms with Crippen LogP contribution in [-0.4, -0.2) is 31.9 Å². The minimum Gasteiger partial charge on any atom is -0.487 e. The molecule has 2 heterocycles. The summed E-state index contributed by atoms with van der Waals surface area (Å²) in [6.45, 7) is 7.91. The van der Waals surface area contributed by atoms with Crippen molar-refractivity contribution in [3.63, 3.8) is 0 Å². The van der Waals surface area contributed by atoms with E-state index in [0.29, 0.717) is 49.2 Å². The summed E-state index contributed by atoms with van der Waals surface area (Å²) in [5, 5.41) is 17.9. The fourth-order valence-corrected chi connectivity index (χ4v) is 4.68. The lowest BCUT2D eigenvalue weighted by Crippen LogP contribution is -2.40. The molecule has 186 valence electrons. The number of aliphatic carboxylic acids is 1. The van der Waals surface area contributed by atoms with E-state index in [1.54, 1.807) is 31.3 Å². The first-order chi connectivity index (χ1) is 16.6. The van der Waals surface area contributed by atoms with Gasteiger partial charge in [0.05, 0.1) is 23.3 Å². The molecule has 7 nitrogen and oxygen atoms in total. The normalized spacial score (nSPS) is 20.4. The van der Waals surface area contributed by atoms with Gasteiger partial charge in [-0.1, -0.05) is 18.2 Å². The highest BCUT2D eigenvalue weighted by Gasteiger charge is 2.43. The molecular weight excluding hydrogens is 447 g/mol. The molecule has 35 heavy (non-hydrogen) atoms. The van der Waals surface area contributed by atoms with E-state index in [2.05, 4.69) is 31.2 Å². The van der Waals surface area contributed by atoms with Crippen LogP contribution in [0.5, 0.6) is 5.75 Å². The van der Waals surface area contributed by atoms with Crippen LogP contribution < -0.4 is 10.1 Å². The summed E-state index contributed by atoms with van der Waals surface area (Å²) in [6.07, 6.45) is 3.82. The Morgan fingerprint density at radius 3 is 2.60 bits per heavy atom. The smallest absolute Gasteiger partial charge is 0.310 e. The first kappa shape index (κ1) is 24.7. The number of anilines is 2. The van der Waals surface area contributed by atoms with Crippen LogP contribution in [0.4, 0.5) is 16.0 Å². The lowest BCUT2D eigenvalue weighted by Gasteiger charge is -2.36. The van der Waals surface area contributed by atoms with E-state index in [1.165, 1.54) is 0 Å². The number of hydrogen-bond acceptors (Lipinski definition) is 5. The highest BCUT2D eigenvalue weighted by atomic mass is 19.1. The molecule has 1 aliphatic carbocycles. The van der Waals surface area contributed by atoms with Gasteiger partial charge in [-0.2, -0.15) is 5.10 Å². The predicted molar refractivity (Wildman–Crippen MR) is 133 cm³/mol. The van der Waals surface area contributed by atoms with Crippen LogP contribution in [0.1, 0.15) is 57.7 Å². The Bertz CT molecular complexity index is 1190. The Hall–Kier alpha value is -3.42. The fourth-order valence-electron chi connectivity index (χ4n) is 4.68. The van der Waals surface area contributed by atoms with Gasteiger partial charge in [0, 0.05) is 18.2 Å². The molecule has 2 N–H and O–H groups in total. The van der Waals surface area contributed by atoms with Crippen molar-refractivity contribution in [2.24, 2.45) is 5.41 Å². The van der Waals surface area contributed by atoms with Gasteiger partial charge in [-0.05, 0) is 77.1 Å². The highest BCUT2D eigenvalue weighted by molar-refractivity contribution is 5.75. The van der Waals surface area contributed by atoms with E-state index in [0.717, 1.165) is 5.82 Å². The zero-order valence-electron chi connectivity index (χ0n) is 20.7. The van der Waals surface area contributed by atoms with Crippen LogP contribution in [0.2, 0.25) is 0 Å². The van der Waals surface area contributed by atoms with Gasteiger partial charge in [0.1, 0.15) is 11.6 Å². The average molecular weight is 481 g/mol. The molecule has 0 amide bonds. The molecule has 2 aromatic heterocycles. The van der Waals surface area contributed by atoms with E-state index in [-0.39, 0.29) is 23.2 Å². The number of pyridine rings is 1. The van der Waals surface area contributed by atoms with Crippen molar-refractivity contribution in [3.8, 4) is 5.75 Å². The number of rotatable bonds is 7. The summed E-state index contributed by atoms with van der Waals surface area (Å²) in [5.74, 6) is 0.498. The molecule has 8 heteroatoms. The van der Waals surface area contributed by atoms with Gasteiger partial charge in [0.15, 0.2) is 11.6 Å². The first-order valence-corrected chi connectivity index (χ1v) is 12.0. The third-order valence-electron chi connectivity index (χ3n) is 6.65. The topological polar surface area (TPSA) is 89.3 Å². The SMILES string of the molecule is Cc1cccc(O[C@H]2CC[C@](Cc3cccc(Nc4ccnn4C(C)(C)C)n3)(C(=O)O)CC2)c1F. The second-order valence-corrected chi connectivity index (χ2v) is 10.4. The number of nitrogens with zero attached hydrogens (tertiary/aromatic N) is 3. The summed E-state index contributed by atoms with van der Waals surface area (Å²) in [4.78, 5) is 17.1. The summed E-state index contributed by atoms with van der Waals surface area (Å²) in [6, 6.07) is 12.6. The quantitative estimate of drug-likeness (QED) is 0.440. The maximum atomic E-state index is 14.3. The van der Waals surface area contributed by atoms with Gasteiger partial charge in [-0.3, -0.25) is 4.79 Å². The number of benzene rings is 1. The Labute approximate surface area is 205 Å². The predicted octanol–water partition coefficient (Wildman–Crippen LogP) is 5.86. The molecule has 0 bridgehead atoms. The molecule has 0 saturated heterocycles. The minimum atomic E-state index is -0.927. The molecule has 1 aromatic carbocycles. The molecule has 0 atom stereocenters. The summed E-state index contributed by atoms with van der Waals surface area (Å²) in [5.41, 5.74) is 0.120. The molecule has 0 spiro atoms. The number of hydrogen-bond donors (Lipinski definition) is 2. The highest BCUT2D eigenvalue weighted by Crippen LogP contribution is 2.41. The molecule has 3 aromatic rings. The number of carboxylic acid groups (broad SMARTS) is 1. The first-order valence-electron chi connectivity index (χ1n) is 12.0. The number of aryl methyl sites for hydroxylation is 1. The number of nitrogens with one attached hydrogen (secondary N) is 1. The Morgan fingerprint density at radius 2 is 1.91 bits per heavy atom. The molecule has 4 rings (SSSR count). The molecule has 0 radical (unpaired) electrons. The van der Waals surface area contributed by atoms with Gasteiger partial charge in [-0.15, -0.1) is 0 Å². The lowest BCUT2D eigenvalue weighted by atomic mass is 9.70. The van der Waals surface area contributed by atoms with Crippen molar-refractivity contribution in [1.29, 1.82) is 0 Å². The van der Waals surface area contributed by atoms with Crippen LogP contribution in [0.3, 0.4) is 0 Å². The summed E-state index contributed by atoms with van der Waals surface area (Å²) < 4.78 is 22.1. The number of halogens is 1. The van der Waals surface area contributed by atoms with E-state index >= 15 is 0 Å². The van der Waals surface area contributed by atoms with Crippen molar-refractivity contribution in [1.82, 2.24) is 14.8 Å². The minimum absolute atomic E-state index is 0.196. The number of carbonyl (C=O) groups is 1. The third kappa shape index (κ3) is 5.47. The third-order valence-corrected chi connectivity index (χ3v) is 6.65. The summed E-state index contributed by atoms with van der Waals surface area (Å²) >= 11 is 0. The average Bonchev–Trinajstić information content (AvgIpc) is 3.27.